The van der Waals surface area contributed by atoms with Crippen molar-refractivity contribution in [2.24, 2.45) is 0 Å². The Morgan fingerprint density at radius 3 is 2.56 bits per heavy atom. The van der Waals surface area contributed by atoms with Crippen molar-refractivity contribution in [1.82, 2.24) is 4.57 Å². The lowest BCUT2D eigenvalue weighted by atomic mass is 10.2. The molecule has 27 heavy (non-hydrogen) atoms. The number of halogens is 2. The summed E-state index contributed by atoms with van der Waals surface area (Å²) in [4.78, 5) is 35.9. The number of carbonyl (C=O) groups is 2. The highest BCUT2D eigenvalue weighted by Crippen LogP contribution is 2.32. The highest BCUT2D eigenvalue weighted by atomic mass is 79.9. The number of amides is 1. The van der Waals surface area contributed by atoms with E-state index < -0.39 is 24.2 Å². The Morgan fingerprint density at radius 2 is 1.85 bits per heavy atom. The summed E-state index contributed by atoms with van der Waals surface area (Å²) < 4.78 is 12.6. The second-order valence-electron chi connectivity index (χ2n) is 5.73. The van der Waals surface area contributed by atoms with Crippen molar-refractivity contribution in [2.75, 3.05) is 11.9 Å². The smallest absolute Gasteiger partial charge is 0.420 e. The number of aromatic nitrogens is 1. The summed E-state index contributed by atoms with van der Waals surface area (Å²) in [5, 5.41) is 2.66. The number of nitrogens with zero attached hydrogens (tertiary/aromatic N) is 1. The number of ether oxygens (including phenoxy) is 1. The summed E-state index contributed by atoms with van der Waals surface area (Å²) >= 11 is 6.75. The number of hydrogen-bond donors (Lipinski definition) is 1. The second-order valence-corrected chi connectivity index (χ2v) is 7.44. The maximum Gasteiger partial charge on any atom is 0.420 e. The van der Waals surface area contributed by atoms with E-state index in [0.717, 1.165) is 10.1 Å². The van der Waals surface area contributed by atoms with Crippen LogP contribution in [0.4, 0.5) is 5.69 Å². The van der Waals surface area contributed by atoms with Crippen LogP contribution in [0, 0.1) is 6.92 Å². The van der Waals surface area contributed by atoms with Crippen LogP contribution in [0.3, 0.4) is 0 Å². The number of hydrogen-bond acceptors (Lipinski definition) is 5. The van der Waals surface area contributed by atoms with E-state index in [4.69, 9.17) is 9.15 Å². The largest absolute Gasteiger partial charge is 0.454 e. The number of anilines is 1. The summed E-state index contributed by atoms with van der Waals surface area (Å²) in [5.74, 6) is -1.89. The van der Waals surface area contributed by atoms with Crippen LogP contribution in [-0.2, 0) is 20.9 Å². The third-order valence-electron chi connectivity index (χ3n) is 3.68. The number of carbonyl (C=O) groups excluding carboxylic acids is 2. The zero-order valence-electron chi connectivity index (χ0n) is 14.1. The van der Waals surface area contributed by atoms with Gasteiger partial charge in [-0.05, 0) is 68.6 Å². The maximum atomic E-state index is 12.1. The van der Waals surface area contributed by atoms with Crippen molar-refractivity contribution < 1.29 is 18.7 Å². The third-order valence-corrected chi connectivity index (χ3v) is 4.93. The minimum Gasteiger partial charge on any atom is -0.454 e. The minimum absolute atomic E-state index is 0.346. The van der Waals surface area contributed by atoms with Crippen LogP contribution in [0.15, 0.2) is 54.6 Å². The topological polar surface area (TPSA) is 90.5 Å². The number of rotatable bonds is 5. The molecule has 9 heteroatoms. The Bertz CT molecular complexity index is 1060. The highest BCUT2D eigenvalue weighted by Gasteiger charge is 2.15. The molecule has 1 aromatic heterocycles. The number of oxazole rings is 1. The van der Waals surface area contributed by atoms with Gasteiger partial charge in [-0.25, -0.2) is 4.79 Å². The van der Waals surface area contributed by atoms with Crippen molar-refractivity contribution >= 4 is 60.5 Å². The normalized spacial score (nSPS) is 10.8. The summed E-state index contributed by atoms with van der Waals surface area (Å²) in [7, 11) is 0. The molecule has 0 saturated carbocycles. The fraction of sp³-hybridized carbons (Fsp3) is 0.167. The molecule has 3 rings (SSSR count). The van der Waals surface area contributed by atoms with Gasteiger partial charge in [-0.1, -0.05) is 12.1 Å². The van der Waals surface area contributed by atoms with Gasteiger partial charge < -0.3 is 14.5 Å². The van der Waals surface area contributed by atoms with Crippen LogP contribution in [0.25, 0.3) is 11.1 Å². The van der Waals surface area contributed by atoms with Crippen LogP contribution in [0.1, 0.15) is 5.56 Å². The van der Waals surface area contributed by atoms with Crippen molar-refractivity contribution in [3.05, 3.63) is 61.5 Å². The Kier molecular flexibility index (Phi) is 5.81. The molecule has 0 aliphatic carbocycles. The Morgan fingerprint density at radius 1 is 1.19 bits per heavy atom. The molecule has 3 aromatic rings. The number of para-hydroxylation sites is 2. The van der Waals surface area contributed by atoms with Crippen LogP contribution in [0.2, 0.25) is 0 Å². The molecule has 0 aliphatic rings. The zero-order valence-corrected chi connectivity index (χ0v) is 17.3. The first-order valence-electron chi connectivity index (χ1n) is 7.84. The number of aryl methyl sites for hydroxylation is 1. The van der Waals surface area contributed by atoms with Gasteiger partial charge in [-0.3, -0.25) is 14.2 Å². The molecule has 1 amide bonds. The highest BCUT2D eigenvalue weighted by molar-refractivity contribution is 9.11. The SMILES string of the molecule is Cc1cc(Br)c(NC(=O)COC(=O)Cn2c(=O)oc3ccccc32)c(Br)c1. The fourth-order valence-corrected chi connectivity index (χ4v) is 4.09. The molecular weight excluding hydrogens is 484 g/mol. The first-order chi connectivity index (χ1) is 12.8. The third kappa shape index (κ3) is 4.48. The van der Waals surface area contributed by atoms with Crippen LogP contribution >= 0.6 is 31.9 Å². The molecule has 1 N–H and O–H groups in total. The predicted octanol–water partition coefficient (Wildman–Crippen LogP) is 3.61. The Balaban J connectivity index is 1.61. The fourth-order valence-electron chi connectivity index (χ4n) is 2.48. The molecule has 1 heterocycles. The molecule has 2 aromatic carbocycles. The van der Waals surface area contributed by atoms with E-state index in [1.807, 2.05) is 19.1 Å². The minimum atomic E-state index is -0.721. The average molecular weight is 498 g/mol. The standard InChI is InChI=1S/C18H14Br2N2O5/c1-10-6-11(19)17(12(20)7-10)21-15(23)9-26-16(24)8-22-13-4-2-3-5-14(13)27-18(22)25/h2-7H,8-9H2,1H3,(H,21,23). The van der Waals surface area contributed by atoms with E-state index in [1.165, 1.54) is 0 Å². The van der Waals surface area contributed by atoms with E-state index in [-0.39, 0.29) is 6.54 Å². The molecule has 0 fully saturated rings. The van der Waals surface area contributed by atoms with Crippen molar-refractivity contribution in [3.63, 3.8) is 0 Å². The van der Waals surface area contributed by atoms with Crippen LogP contribution < -0.4 is 11.1 Å². The Hall–Kier alpha value is -2.39. The molecule has 140 valence electrons. The molecule has 0 bridgehead atoms. The summed E-state index contributed by atoms with van der Waals surface area (Å²) in [6.07, 6.45) is 0. The predicted molar refractivity (Wildman–Crippen MR) is 107 cm³/mol. The lowest BCUT2D eigenvalue weighted by Crippen LogP contribution is -2.26. The number of benzene rings is 2. The van der Waals surface area contributed by atoms with Gasteiger partial charge in [0.05, 0.1) is 11.2 Å². The quantitative estimate of drug-likeness (QED) is 0.544. The van der Waals surface area contributed by atoms with Gasteiger partial charge in [0, 0.05) is 8.95 Å². The Labute approximate surface area is 170 Å². The molecule has 0 unspecified atom stereocenters. The molecule has 0 atom stereocenters. The van der Waals surface area contributed by atoms with E-state index in [1.54, 1.807) is 24.3 Å². The molecule has 0 radical (unpaired) electrons. The van der Waals surface area contributed by atoms with Crippen molar-refractivity contribution in [1.29, 1.82) is 0 Å². The number of nitrogens with one attached hydrogen (secondary N) is 1. The molecule has 7 nitrogen and oxygen atoms in total. The maximum absolute atomic E-state index is 12.1. The molecular formula is C18H14Br2N2O5. The van der Waals surface area contributed by atoms with Crippen LogP contribution in [0.5, 0.6) is 0 Å². The van der Waals surface area contributed by atoms with Gasteiger partial charge in [-0.2, -0.15) is 0 Å². The van der Waals surface area contributed by atoms with E-state index in [2.05, 4.69) is 37.2 Å². The zero-order chi connectivity index (χ0) is 19.6. The molecule has 0 aliphatic heterocycles. The van der Waals surface area contributed by atoms with E-state index in [0.29, 0.717) is 25.7 Å². The van der Waals surface area contributed by atoms with Gasteiger partial charge in [0.2, 0.25) is 0 Å². The van der Waals surface area contributed by atoms with Gasteiger partial charge in [0.15, 0.2) is 12.2 Å². The summed E-state index contributed by atoms with van der Waals surface area (Å²) in [6, 6.07) is 10.4. The van der Waals surface area contributed by atoms with E-state index in [9.17, 15) is 14.4 Å². The first-order valence-corrected chi connectivity index (χ1v) is 9.43. The lowest BCUT2D eigenvalue weighted by molar-refractivity contribution is -0.147. The lowest BCUT2D eigenvalue weighted by Gasteiger charge is -2.11. The summed E-state index contributed by atoms with van der Waals surface area (Å²) in [6.45, 7) is 1.10. The summed E-state index contributed by atoms with van der Waals surface area (Å²) in [5.41, 5.74) is 2.41. The van der Waals surface area contributed by atoms with E-state index >= 15 is 0 Å². The number of esters is 1. The number of fused-ring (bicyclic) bond motifs is 1. The monoisotopic (exact) mass is 496 g/mol. The van der Waals surface area contributed by atoms with Crippen molar-refractivity contribution in [3.8, 4) is 0 Å². The van der Waals surface area contributed by atoms with Crippen LogP contribution in [-0.4, -0.2) is 23.1 Å². The van der Waals surface area contributed by atoms with Gasteiger partial charge >= 0.3 is 11.7 Å². The second kappa shape index (κ2) is 8.10. The molecule has 0 spiro atoms. The van der Waals surface area contributed by atoms with Gasteiger partial charge in [0.1, 0.15) is 6.54 Å². The molecule has 0 saturated heterocycles. The van der Waals surface area contributed by atoms with Gasteiger partial charge in [-0.15, -0.1) is 0 Å². The first kappa shape index (κ1) is 19.4. The average Bonchev–Trinajstić information content (AvgIpc) is 2.92. The van der Waals surface area contributed by atoms with Gasteiger partial charge in [0.25, 0.3) is 5.91 Å². The van der Waals surface area contributed by atoms with Crippen molar-refractivity contribution in [2.45, 2.75) is 13.5 Å².